The van der Waals surface area contributed by atoms with Crippen LogP contribution in [0.25, 0.3) is 17.3 Å². The van der Waals surface area contributed by atoms with E-state index in [9.17, 15) is 18.0 Å². The van der Waals surface area contributed by atoms with E-state index in [0.29, 0.717) is 24.4 Å². The molecule has 2 N–H and O–H groups in total. The van der Waals surface area contributed by atoms with Gasteiger partial charge in [-0.15, -0.1) is 0 Å². The first-order chi connectivity index (χ1) is 13.2. The molecule has 0 atom stereocenters. The molecule has 0 bridgehead atoms. The second kappa shape index (κ2) is 6.26. The van der Waals surface area contributed by atoms with Gasteiger partial charge in [-0.25, -0.2) is 4.68 Å². The fourth-order valence-corrected chi connectivity index (χ4v) is 3.07. The van der Waals surface area contributed by atoms with Crippen LogP contribution in [-0.2, 0) is 11.7 Å². The zero-order chi connectivity index (χ0) is 20.1. The van der Waals surface area contributed by atoms with Crippen LogP contribution in [-0.4, -0.2) is 19.9 Å². The van der Waals surface area contributed by atoms with Crippen molar-refractivity contribution >= 4 is 0 Å². The van der Waals surface area contributed by atoms with Gasteiger partial charge in [0.2, 0.25) is 5.43 Å². The molecule has 0 saturated heterocycles. The van der Waals surface area contributed by atoms with Crippen LogP contribution in [0.5, 0.6) is 0 Å². The third-order valence-electron chi connectivity index (χ3n) is 4.85. The van der Waals surface area contributed by atoms with Crippen LogP contribution in [0.15, 0.2) is 39.6 Å². The maximum absolute atomic E-state index is 13.0. The fraction of sp³-hybridized carbons (Fsp3) is 0.333. The largest absolute Gasteiger partial charge is 0.416 e. The molecule has 2 aromatic heterocycles. The SMILES string of the molecule is Cc1cc(=O)c(-c2nc(C3(N)CCC3)no2)nn1-c1cccc(C(F)(F)F)c1. The molecule has 0 amide bonds. The number of benzene rings is 1. The van der Waals surface area contributed by atoms with Crippen LogP contribution in [0.2, 0.25) is 0 Å². The van der Waals surface area contributed by atoms with E-state index >= 15 is 0 Å². The Hall–Kier alpha value is -3.01. The van der Waals surface area contributed by atoms with Crippen molar-refractivity contribution in [2.75, 3.05) is 0 Å². The number of rotatable bonds is 3. The van der Waals surface area contributed by atoms with E-state index in [0.717, 1.165) is 18.6 Å². The molecule has 1 aliphatic carbocycles. The smallest absolute Gasteiger partial charge is 0.332 e. The van der Waals surface area contributed by atoms with Crippen LogP contribution in [0, 0.1) is 6.92 Å². The predicted octanol–water partition coefficient (Wildman–Crippen LogP) is 2.95. The van der Waals surface area contributed by atoms with Crippen LogP contribution in [0.4, 0.5) is 13.2 Å². The standard InChI is InChI=1S/C18H16F3N5O2/c1-10-8-13(27)14(15-23-16(25-28-15)17(22)6-3-7-17)24-26(10)12-5-2-4-11(9-12)18(19,20)21/h2,4-5,8-9H,3,6-7,22H2,1H3. The van der Waals surface area contributed by atoms with E-state index in [2.05, 4.69) is 15.2 Å². The Bertz CT molecular complexity index is 1100. The number of hydrogen-bond donors (Lipinski definition) is 1. The maximum atomic E-state index is 13.0. The lowest BCUT2D eigenvalue weighted by Gasteiger charge is -2.34. The van der Waals surface area contributed by atoms with E-state index in [1.807, 2.05) is 0 Å². The van der Waals surface area contributed by atoms with Crippen molar-refractivity contribution in [3.05, 3.63) is 57.6 Å². The Morgan fingerprint density at radius 2 is 2.00 bits per heavy atom. The summed E-state index contributed by atoms with van der Waals surface area (Å²) in [5, 5.41) is 8.03. The highest BCUT2D eigenvalue weighted by molar-refractivity contribution is 5.47. The van der Waals surface area contributed by atoms with Gasteiger partial charge in [-0.05, 0) is 44.4 Å². The first kappa shape index (κ1) is 18.4. The molecule has 4 rings (SSSR count). The molecular weight excluding hydrogens is 375 g/mol. The monoisotopic (exact) mass is 391 g/mol. The number of nitrogens with zero attached hydrogens (tertiary/aromatic N) is 4. The Balaban J connectivity index is 1.79. The molecule has 1 aromatic carbocycles. The van der Waals surface area contributed by atoms with Gasteiger partial charge in [-0.2, -0.15) is 23.3 Å². The molecule has 0 spiro atoms. The quantitative estimate of drug-likeness (QED) is 0.737. The van der Waals surface area contributed by atoms with Crippen molar-refractivity contribution in [2.24, 2.45) is 5.73 Å². The van der Waals surface area contributed by atoms with E-state index in [4.69, 9.17) is 10.3 Å². The van der Waals surface area contributed by atoms with Crippen molar-refractivity contribution in [1.82, 2.24) is 19.9 Å². The van der Waals surface area contributed by atoms with Crippen molar-refractivity contribution in [1.29, 1.82) is 0 Å². The topological polar surface area (TPSA) is 99.8 Å². The van der Waals surface area contributed by atoms with Gasteiger partial charge in [0.05, 0.1) is 16.8 Å². The lowest BCUT2D eigenvalue weighted by atomic mass is 9.77. The number of alkyl halides is 3. The highest BCUT2D eigenvalue weighted by atomic mass is 19.4. The highest BCUT2D eigenvalue weighted by Gasteiger charge is 2.39. The zero-order valence-electron chi connectivity index (χ0n) is 14.8. The van der Waals surface area contributed by atoms with Crippen LogP contribution >= 0.6 is 0 Å². The third-order valence-corrected chi connectivity index (χ3v) is 4.85. The molecule has 1 saturated carbocycles. The minimum absolute atomic E-state index is 0.113. The Kier molecular flexibility index (Phi) is 4.11. The maximum Gasteiger partial charge on any atom is 0.416 e. The molecule has 10 heteroatoms. The van der Waals surface area contributed by atoms with Crippen molar-refractivity contribution in [3.63, 3.8) is 0 Å². The van der Waals surface area contributed by atoms with Gasteiger partial charge in [0.25, 0.3) is 5.89 Å². The Labute approximate surface area is 157 Å². The van der Waals surface area contributed by atoms with E-state index in [1.54, 1.807) is 6.92 Å². The molecule has 7 nitrogen and oxygen atoms in total. The van der Waals surface area contributed by atoms with Gasteiger partial charge in [-0.1, -0.05) is 11.2 Å². The summed E-state index contributed by atoms with van der Waals surface area (Å²) in [7, 11) is 0. The summed E-state index contributed by atoms with van der Waals surface area (Å²) in [6.07, 6.45) is -2.12. The third kappa shape index (κ3) is 3.09. The van der Waals surface area contributed by atoms with Gasteiger partial charge in [0, 0.05) is 11.8 Å². The molecule has 146 valence electrons. The number of hydrogen-bond acceptors (Lipinski definition) is 6. The summed E-state index contributed by atoms with van der Waals surface area (Å²) in [6.45, 7) is 1.57. The molecule has 1 fully saturated rings. The first-order valence-corrected chi connectivity index (χ1v) is 8.59. The summed E-state index contributed by atoms with van der Waals surface area (Å²) in [6, 6.07) is 5.92. The summed E-state index contributed by atoms with van der Waals surface area (Å²) in [4.78, 5) is 16.6. The number of aromatic nitrogens is 4. The fourth-order valence-electron chi connectivity index (χ4n) is 3.07. The van der Waals surface area contributed by atoms with E-state index in [-0.39, 0.29) is 17.3 Å². The lowest BCUT2D eigenvalue weighted by Crippen LogP contribution is -2.44. The first-order valence-electron chi connectivity index (χ1n) is 8.59. The molecule has 0 unspecified atom stereocenters. The zero-order valence-corrected chi connectivity index (χ0v) is 14.8. The summed E-state index contributed by atoms with van der Waals surface area (Å²) >= 11 is 0. The molecule has 2 heterocycles. The number of nitrogens with two attached hydrogens (primary N) is 1. The van der Waals surface area contributed by atoms with Crippen molar-refractivity contribution < 1.29 is 17.7 Å². The second-order valence-electron chi connectivity index (χ2n) is 6.89. The predicted molar refractivity (Wildman–Crippen MR) is 92.6 cm³/mol. The van der Waals surface area contributed by atoms with E-state index < -0.39 is 22.7 Å². The minimum Gasteiger partial charge on any atom is -0.332 e. The van der Waals surface area contributed by atoms with Gasteiger partial charge >= 0.3 is 6.18 Å². The Morgan fingerprint density at radius 1 is 1.25 bits per heavy atom. The van der Waals surface area contributed by atoms with Gasteiger partial charge in [0.1, 0.15) is 0 Å². The summed E-state index contributed by atoms with van der Waals surface area (Å²) < 4.78 is 45.5. The van der Waals surface area contributed by atoms with Gasteiger partial charge < -0.3 is 10.3 Å². The van der Waals surface area contributed by atoms with E-state index in [1.165, 1.54) is 22.9 Å². The average molecular weight is 391 g/mol. The Morgan fingerprint density at radius 3 is 2.64 bits per heavy atom. The van der Waals surface area contributed by atoms with Crippen LogP contribution in [0.3, 0.4) is 0 Å². The van der Waals surface area contributed by atoms with Crippen LogP contribution < -0.4 is 11.2 Å². The summed E-state index contributed by atoms with van der Waals surface area (Å²) in [5.41, 5.74) is 4.56. The molecule has 28 heavy (non-hydrogen) atoms. The summed E-state index contributed by atoms with van der Waals surface area (Å²) in [5.74, 6) is 0.179. The molecule has 1 aliphatic rings. The lowest BCUT2D eigenvalue weighted by molar-refractivity contribution is -0.137. The van der Waals surface area contributed by atoms with Crippen molar-refractivity contribution in [2.45, 2.75) is 37.9 Å². The average Bonchev–Trinajstić information content (AvgIpc) is 3.09. The molecule has 3 aromatic rings. The number of halogens is 3. The molecule has 0 aliphatic heterocycles. The molecular formula is C18H16F3N5O2. The number of aryl methyl sites for hydroxylation is 1. The normalized spacial score (nSPS) is 16.0. The van der Waals surface area contributed by atoms with Gasteiger partial charge in [0.15, 0.2) is 11.5 Å². The van der Waals surface area contributed by atoms with Crippen molar-refractivity contribution in [3.8, 4) is 17.3 Å². The van der Waals surface area contributed by atoms with Crippen LogP contribution in [0.1, 0.15) is 36.3 Å². The highest BCUT2D eigenvalue weighted by Crippen LogP contribution is 2.37. The minimum atomic E-state index is -4.49. The molecule has 0 radical (unpaired) electrons. The van der Waals surface area contributed by atoms with Gasteiger partial charge in [-0.3, -0.25) is 4.79 Å². The second-order valence-corrected chi connectivity index (χ2v) is 6.89.